The van der Waals surface area contributed by atoms with E-state index in [4.69, 9.17) is 11.6 Å². The number of rotatable bonds is 8. The van der Waals surface area contributed by atoms with Gasteiger partial charge in [0, 0.05) is 24.2 Å². The van der Waals surface area contributed by atoms with Crippen LogP contribution in [0, 0.1) is 0 Å². The number of hydrogen-bond acceptors (Lipinski definition) is 4. The van der Waals surface area contributed by atoms with Crippen molar-refractivity contribution in [1.82, 2.24) is 9.03 Å². The molecule has 0 aliphatic heterocycles. The van der Waals surface area contributed by atoms with Crippen LogP contribution in [0.1, 0.15) is 32.4 Å². The van der Waals surface area contributed by atoms with Crippen molar-refractivity contribution in [3.8, 4) is 0 Å². The van der Waals surface area contributed by atoms with E-state index in [1.807, 2.05) is 0 Å². The van der Waals surface area contributed by atoms with Gasteiger partial charge in [0.25, 0.3) is 0 Å². The number of benzene rings is 2. The standard InChI is InChI=1S/C18H23ClN2O4S2/c1-4-21(5-2)27(24,25)18-11-9-17(10-12-18)26(22,23)20-14(3)15-7-6-8-16(19)13-15/h6-14,20H,4-5H2,1-3H3/t14-/m1/s1. The number of sulfonamides is 2. The highest BCUT2D eigenvalue weighted by Gasteiger charge is 2.23. The predicted octanol–water partition coefficient (Wildman–Crippen LogP) is 3.41. The normalized spacial score (nSPS) is 13.7. The van der Waals surface area contributed by atoms with Gasteiger partial charge in [0.05, 0.1) is 9.79 Å². The van der Waals surface area contributed by atoms with Crippen molar-refractivity contribution in [2.24, 2.45) is 0 Å². The predicted molar refractivity (Wildman–Crippen MR) is 107 cm³/mol. The summed E-state index contributed by atoms with van der Waals surface area (Å²) >= 11 is 5.95. The Balaban J connectivity index is 2.25. The number of nitrogens with zero attached hydrogens (tertiary/aromatic N) is 1. The summed E-state index contributed by atoms with van der Waals surface area (Å²) in [6, 6.07) is 11.6. The van der Waals surface area contributed by atoms with Gasteiger partial charge in [0.1, 0.15) is 0 Å². The van der Waals surface area contributed by atoms with E-state index < -0.39 is 26.1 Å². The molecule has 2 aromatic carbocycles. The fourth-order valence-corrected chi connectivity index (χ4v) is 5.54. The lowest BCUT2D eigenvalue weighted by Gasteiger charge is -2.19. The lowest BCUT2D eigenvalue weighted by Crippen LogP contribution is -2.30. The second-order valence-corrected chi connectivity index (χ2v) is 10.0. The SMILES string of the molecule is CCN(CC)S(=O)(=O)c1ccc(S(=O)(=O)N[C@H](C)c2cccc(Cl)c2)cc1. The molecule has 0 bridgehead atoms. The van der Waals surface area contributed by atoms with Crippen LogP contribution in [0.3, 0.4) is 0 Å². The summed E-state index contributed by atoms with van der Waals surface area (Å²) in [4.78, 5) is 0.0583. The molecule has 1 atom stereocenters. The summed E-state index contributed by atoms with van der Waals surface area (Å²) in [6.07, 6.45) is 0. The van der Waals surface area contributed by atoms with Crippen LogP contribution >= 0.6 is 11.6 Å². The van der Waals surface area contributed by atoms with E-state index in [-0.39, 0.29) is 9.79 Å². The van der Waals surface area contributed by atoms with Crippen molar-refractivity contribution in [3.63, 3.8) is 0 Å². The molecule has 0 aliphatic carbocycles. The Kier molecular flexibility index (Phi) is 7.04. The lowest BCUT2D eigenvalue weighted by atomic mass is 10.1. The number of halogens is 1. The summed E-state index contributed by atoms with van der Waals surface area (Å²) in [5.41, 5.74) is 0.729. The van der Waals surface area contributed by atoms with Crippen LogP contribution in [0.4, 0.5) is 0 Å². The maximum Gasteiger partial charge on any atom is 0.243 e. The fraction of sp³-hybridized carbons (Fsp3) is 0.333. The van der Waals surface area contributed by atoms with Crippen molar-refractivity contribution in [1.29, 1.82) is 0 Å². The summed E-state index contributed by atoms with van der Waals surface area (Å²) < 4.78 is 54.1. The zero-order chi connectivity index (χ0) is 20.2. The first-order chi connectivity index (χ1) is 12.6. The molecular weight excluding hydrogens is 408 g/mol. The third kappa shape index (κ3) is 5.08. The number of nitrogens with one attached hydrogen (secondary N) is 1. The van der Waals surface area contributed by atoms with E-state index in [9.17, 15) is 16.8 Å². The molecule has 6 nitrogen and oxygen atoms in total. The zero-order valence-corrected chi connectivity index (χ0v) is 17.8. The quantitative estimate of drug-likeness (QED) is 0.695. The molecule has 0 unspecified atom stereocenters. The van der Waals surface area contributed by atoms with Gasteiger partial charge >= 0.3 is 0 Å². The monoisotopic (exact) mass is 430 g/mol. The van der Waals surface area contributed by atoms with Gasteiger partial charge in [-0.3, -0.25) is 0 Å². The molecule has 0 aromatic heterocycles. The third-order valence-corrected chi connectivity index (χ3v) is 8.01. The number of hydrogen-bond donors (Lipinski definition) is 1. The highest BCUT2D eigenvalue weighted by molar-refractivity contribution is 7.89. The molecule has 2 rings (SSSR count). The van der Waals surface area contributed by atoms with E-state index >= 15 is 0 Å². The molecule has 0 saturated carbocycles. The Morgan fingerprint density at radius 1 is 0.963 bits per heavy atom. The molecule has 0 spiro atoms. The lowest BCUT2D eigenvalue weighted by molar-refractivity contribution is 0.445. The molecule has 2 aromatic rings. The average molecular weight is 431 g/mol. The Hall–Kier alpha value is -1.45. The van der Waals surface area contributed by atoms with Crippen LogP contribution in [0.2, 0.25) is 5.02 Å². The van der Waals surface area contributed by atoms with E-state index in [0.29, 0.717) is 18.1 Å². The molecule has 1 N–H and O–H groups in total. The van der Waals surface area contributed by atoms with Crippen molar-refractivity contribution < 1.29 is 16.8 Å². The molecule has 27 heavy (non-hydrogen) atoms. The molecule has 148 valence electrons. The van der Waals surface area contributed by atoms with E-state index in [2.05, 4.69) is 4.72 Å². The molecule has 0 saturated heterocycles. The van der Waals surface area contributed by atoms with Crippen LogP contribution in [-0.2, 0) is 20.0 Å². The van der Waals surface area contributed by atoms with Gasteiger partial charge in [-0.05, 0) is 48.9 Å². The van der Waals surface area contributed by atoms with E-state index in [0.717, 1.165) is 5.56 Å². The Morgan fingerprint density at radius 3 is 2.04 bits per heavy atom. The van der Waals surface area contributed by atoms with Crippen LogP contribution in [0.15, 0.2) is 58.3 Å². The average Bonchev–Trinajstić information content (AvgIpc) is 2.62. The maximum absolute atomic E-state index is 12.6. The van der Waals surface area contributed by atoms with Crippen LogP contribution in [0.5, 0.6) is 0 Å². The smallest absolute Gasteiger partial charge is 0.207 e. The summed E-state index contributed by atoms with van der Waals surface area (Å²) in [5.74, 6) is 0. The van der Waals surface area contributed by atoms with Gasteiger partial charge in [0.2, 0.25) is 20.0 Å². The van der Waals surface area contributed by atoms with Crippen molar-refractivity contribution in [2.45, 2.75) is 36.6 Å². The molecule has 9 heteroatoms. The van der Waals surface area contributed by atoms with Gasteiger partial charge in [-0.25, -0.2) is 21.6 Å². The summed E-state index contributed by atoms with van der Waals surface area (Å²) in [5, 5.41) is 0.518. The largest absolute Gasteiger partial charge is 0.243 e. The molecule has 0 radical (unpaired) electrons. The van der Waals surface area contributed by atoms with Gasteiger partial charge in [-0.1, -0.05) is 37.6 Å². The first-order valence-electron chi connectivity index (χ1n) is 8.49. The second kappa shape index (κ2) is 8.70. The van der Waals surface area contributed by atoms with Crippen molar-refractivity contribution >= 4 is 31.6 Å². The minimum absolute atomic E-state index is 0.00475. The fourth-order valence-electron chi connectivity index (χ4n) is 2.65. The minimum Gasteiger partial charge on any atom is -0.207 e. The summed E-state index contributed by atoms with van der Waals surface area (Å²) in [7, 11) is -7.45. The van der Waals surface area contributed by atoms with Gasteiger partial charge in [-0.2, -0.15) is 4.31 Å². The van der Waals surface area contributed by atoms with Crippen LogP contribution in [0.25, 0.3) is 0 Å². The topological polar surface area (TPSA) is 83.6 Å². The molecular formula is C18H23ClN2O4S2. The molecule has 0 amide bonds. The molecule has 0 heterocycles. The molecule has 0 aliphatic rings. The Labute approximate surface area is 166 Å². The highest BCUT2D eigenvalue weighted by atomic mass is 35.5. The Morgan fingerprint density at radius 2 is 1.52 bits per heavy atom. The summed E-state index contributed by atoms with van der Waals surface area (Å²) in [6.45, 7) is 5.90. The maximum atomic E-state index is 12.6. The first-order valence-corrected chi connectivity index (χ1v) is 11.8. The van der Waals surface area contributed by atoms with Gasteiger partial charge < -0.3 is 0 Å². The van der Waals surface area contributed by atoms with Crippen molar-refractivity contribution in [3.05, 3.63) is 59.1 Å². The highest BCUT2D eigenvalue weighted by Crippen LogP contribution is 2.22. The third-order valence-electron chi connectivity index (χ3n) is 4.16. The first kappa shape index (κ1) is 21.8. The Bertz CT molecular complexity index is 986. The zero-order valence-electron chi connectivity index (χ0n) is 15.4. The second-order valence-electron chi connectivity index (χ2n) is 5.96. The van der Waals surface area contributed by atoms with E-state index in [1.54, 1.807) is 45.0 Å². The minimum atomic E-state index is -3.82. The van der Waals surface area contributed by atoms with Gasteiger partial charge in [0.15, 0.2) is 0 Å². The van der Waals surface area contributed by atoms with Crippen LogP contribution < -0.4 is 4.72 Å². The van der Waals surface area contributed by atoms with Crippen LogP contribution in [-0.4, -0.2) is 34.2 Å². The van der Waals surface area contributed by atoms with Crippen molar-refractivity contribution in [2.75, 3.05) is 13.1 Å². The molecule has 0 fully saturated rings. The van der Waals surface area contributed by atoms with Gasteiger partial charge in [-0.15, -0.1) is 0 Å². The van der Waals surface area contributed by atoms with E-state index in [1.165, 1.54) is 28.6 Å².